The van der Waals surface area contributed by atoms with E-state index in [1.807, 2.05) is 71.0 Å². The summed E-state index contributed by atoms with van der Waals surface area (Å²) in [4.78, 5) is 27.3. The lowest BCUT2D eigenvalue weighted by atomic mass is 9.71. The largest absolute Gasteiger partial charge is 0.464 e. The Bertz CT molecular complexity index is 1180. The Hall–Kier alpha value is -2.87. The Labute approximate surface area is 215 Å². The predicted molar refractivity (Wildman–Crippen MR) is 141 cm³/mol. The molecule has 1 fully saturated rings. The van der Waals surface area contributed by atoms with Crippen LogP contribution in [0.4, 0.5) is 4.79 Å². The van der Waals surface area contributed by atoms with Crippen molar-refractivity contribution in [3.63, 3.8) is 0 Å². The van der Waals surface area contributed by atoms with Crippen LogP contribution in [0.5, 0.6) is 0 Å². The molecule has 196 valence electrons. The Morgan fingerprint density at radius 1 is 1.11 bits per heavy atom. The summed E-state index contributed by atoms with van der Waals surface area (Å²) in [6.45, 7) is 11.7. The van der Waals surface area contributed by atoms with Gasteiger partial charge < -0.3 is 14.8 Å². The standard InChI is InChI=1S/C28H38N2O5S/c1-19(2)23-22(20-14-10-8-11-15-20)28(6,30-26(32)35-23)24(25(31)34-18-27(3,4)5)36(33,29-7)21-16-12-9-13-17-21/h8-17,19,22-24H,18H2,1-7H3,(H,30,32)/t22-,23-,24+,28-,36?/m0/s1. The Morgan fingerprint density at radius 3 is 2.17 bits per heavy atom. The molecule has 0 bridgehead atoms. The third kappa shape index (κ3) is 5.59. The molecule has 1 N–H and O–H groups in total. The first-order chi connectivity index (χ1) is 16.8. The van der Waals surface area contributed by atoms with Crippen molar-refractivity contribution in [2.75, 3.05) is 13.7 Å². The molecule has 0 aromatic heterocycles. The Morgan fingerprint density at radius 2 is 1.67 bits per heavy atom. The van der Waals surface area contributed by atoms with Crippen molar-refractivity contribution in [2.24, 2.45) is 15.7 Å². The molecule has 1 heterocycles. The van der Waals surface area contributed by atoms with Crippen molar-refractivity contribution in [3.8, 4) is 0 Å². The van der Waals surface area contributed by atoms with E-state index in [1.54, 1.807) is 31.2 Å². The number of hydrogen-bond donors (Lipinski definition) is 1. The molecule has 1 unspecified atom stereocenters. The number of amides is 1. The van der Waals surface area contributed by atoms with E-state index in [1.165, 1.54) is 7.05 Å². The van der Waals surface area contributed by atoms with Crippen LogP contribution >= 0.6 is 0 Å². The molecule has 1 saturated heterocycles. The van der Waals surface area contributed by atoms with Crippen molar-refractivity contribution in [3.05, 3.63) is 66.2 Å². The normalized spacial score (nSPS) is 24.7. The van der Waals surface area contributed by atoms with Gasteiger partial charge in [0, 0.05) is 17.9 Å². The minimum Gasteiger partial charge on any atom is -0.464 e. The highest BCUT2D eigenvalue weighted by Gasteiger charge is 2.59. The lowest BCUT2D eigenvalue weighted by Crippen LogP contribution is -2.69. The van der Waals surface area contributed by atoms with E-state index in [0.29, 0.717) is 4.90 Å². The Kier molecular flexibility index (Phi) is 8.18. The number of cyclic esters (lactones) is 1. The van der Waals surface area contributed by atoms with Crippen molar-refractivity contribution in [1.82, 2.24) is 5.32 Å². The molecule has 1 aliphatic heterocycles. The number of ether oxygens (including phenoxy) is 2. The molecular formula is C28H38N2O5S. The third-order valence-corrected chi connectivity index (χ3v) is 9.29. The van der Waals surface area contributed by atoms with Crippen molar-refractivity contribution in [2.45, 2.75) is 69.2 Å². The molecular weight excluding hydrogens is 476 g/mol. The summed E-state index contributed by atoms with van der Waals surface area (Å²) < 4.78 is 30.7. The number of hydrogen-bond acceptors (Lipinski definition) is 6. The van der Waals surface area contributed by atoms with Crippen LogP contribution in [0.15, 0.2) is 69.9 Å². The summed E-state index contributed by atoms with van der Waals surface area (Å²) in [5.74, 6) is -1.24. The van der Waals surface area contributed by atoms with Crippen LogP contribution in [0.3, 0.4) is 0 Å². The quantitative estimate of drug-likeness (QED) is 0.499. The fraction of sp³-hybridized carbons (Fsp3) is 0.500. The van der Waals surface area contributed by atoms with Gasteiger partial charge in [0.2, 0.25) is 0 Å². The summed E-state index contributed by atoms with van der Waals surface area (Å²) >= 11 is 0. The van der Waals surface area contributed by atoms with E-state index < -0.39 is 44.6 Å². The zero-order chi connectivity index (χ0) is 26.7. The molecule has 36 heavy (non-hydrogen) atoms. The first-order valence-electron chi connectivity index (χ1n) is 12.2. The van der Waals surface area contributed by atoms with Gasteiger partial charge >= 0.3 is 12.1 Å². The monoisotopic (exact) mass is 514 g/mol. The molecule has 5 atom stereocenters. The van der Waals surface area contributed by atoms with E-state index in [0.717, 1.165) is 5.56 Å². The van der Waals surface area contributed by atoms with Crippen LogP contribution in [-0.4, -0.2) is 46.8 Å². The number of nitrogens with zero attached hydrogens (tertiary/aromatic N) is 1. The second-order valence-corrected chi connectivity index (χ2v) is 13.5. The molecule has 0 spiro atoms. The van der Waals surface area contributed by atoms with E-state index in [-0.39, 0.29) is 17.9 Å². The van der Waals surface area contributed by atoms with E-state index >= 15 is 0 Å². The fourth-order valence-electron chi connectivity index (χ4n) is 4.84. The van der Waals surface area contributed by atoms with E-state index in [2.05, 4.69) is 9.68 Å². The topological polar surface area (TPSA) is 94.1 Å². The van der Waals surface area contributed by atoms with Gasteiger partial charge in [0.25, 0.3) is 0 Å². The van der Waals surface area contributed by atoms with Crippen LogP contribution in [0.2, 0.25) is 0 Å². The molecule has 0 aliphatic carbocycles. The highest BCUT2D eigenvalue weighted by atomic mass is 32.2. The first-order valence-corrected chi connectivity index (χ1v) is 13.8. The number of alkyl carbamates (subject to hydrolysis) is 1. The van der Waals surface area contributed by atoms with Crippen molar-refractivity contribution < 1.29 is 23.3 Å². The van der Waals surface area contributed by atoms with E-state index in [9.17, 15) is 13.8 Å². The number of rotatable bonds is 7. The Balaban J connectivity index is 2.30. The smallest absolute Gasteiger partial charge is 0.407 e. The fourth-order valence-corrected chi connectivity index (χ4v) is 7.28. The number of nitrogens with one attached hydrogen (secondary N) is 1. The molecule has 2 aromatic carbocycles. The summed E-state index contributed by atoms with van der Waals surface area (Å²) in [5.41, 5.74) is -0.790. The highest BCUT2D eigenvalue weighted by Crippen LogP contribution is 2.45. The van der Waals surface area contributed by atoms with Crippen molar-refractivity contribution in [1.29, 1.82) is 0 Å². The van der Waals surface area contributed by atoms with Gasteiger partial charge in [-0.15, -0.1) is 0 Å². The van der Waals surface area contributed by atoms with Crippen LogP contribution in [0, 0.1) is 11.3 Å². The maximum atomic E-state index is 14.8. The van der Waals surface area contributed by atoms with Gasteiger partial charge in [0.15, 0.2) is 5.25 Å². The van der Waals surface area contributed by atoms with Gasteiger partial charge in [-0.25, -0.2) is 13.4 Å². The van der Waals surface area contributed by atoms with Crippen molar-refractivity contribution >= 4 is 21.8 Å². The third-order valence-electron chi connectivity index (χ3n) is 6.48. The predicted octanol–water partition coefficient (Wildman–Crippen LogP) is 5.41. The molecule has 2 aromatic rings. The summed E-state index contributed by atoms with van der Waals surface area (Å²) in [6, 6.07) is 18.3. The van der Waals surface area contributed by atoms with Gasteiger partial charge in [-0.05, 0) is 36.0 Å². The maximum Gasteiger partial charge on any atom is 0.407 e. The van der Waals surface area contributed by atoms with Gasteiger partial charge in [-0.3, -0.25) is 4.79 Å². The zero-order valence-corrected chi connectivity index (χ0v) is 23.0. The van der Waals surface area contributed by atoms with Gasteiger partial charge in [0.1, 0.15) is 6.10 Å². The molecule has 1 aliphatic rings. The zero-order valence-electron chi connectivity index (χ0n) is 22.2. The van der Waals surface area contributed by atoms with Crippen LogP contribution in [0.25, 0.3) is 0 Å². The summed E-state index contributed by atoms with van der Waals surface area (Å²) in [7, 11) is -1.96. The highest BCUT2D eigenvalue weighted by molar-refractivity contribution is 7.95. The number of benzene rings is 2. The SMILES string of the molecule is CN=S(=O)(c1ccccc1)[C@H](C(=O)OCC(C)(C)C)[C@@]1(C)NC(=O)O[C@@H](C(C)C)[C@@H]1c1ccccc1. The van der Waals surface area contributed by atoms with Crippen LogP contribution in [-0.2, 0) is 24.0 Å². The molecule has 7 nitrogen and oxygen atoms in total. The average molecular weight is 515 g/mol. The maximum absolute atomic E-state index is 14.8. The number of carbonyl (C=O) groups excluding carboxylic acids is 2. The second kappa shape index (κ2) is 10.6. The summed E-state index contributed by atoms with van der Waals surface area (Å²) in [5, 5.41) is 1.61. The number of esters is 1. The van der Waals surface area contributed by atoms with Gasteiger partial charge in [-0.1, -0.05) is 83.1 Å². The molecule has 1 amide bonds. The van der Waals surface area contributed by atoms with Gasteiger partial charge in [0.05, 0.1) is 21.9 Å². The summed E-state index contributed by atoms with van der Waals surface area (Å²) in [6.07, 6.45) is -1.23. The lowest BCUT2D eigenvalue weighted by molar-refractivity contribution is -0.148. The number of carbonyl (C=O) groups is 2. The van der Waals surface area contributed by atoms with E-state index in [4.69, 9.17) is 9.47 Å². The lowest BCUT2D eigenvalue weighted by Gasteiger charge is -2.50. The molecule has 3 rings (SSSR count). The van der Waals surface area contributed by atoms with Crippen LogP contribution < -0.4 is 5.32 Å². The molecule has 0 radical (unpaired) electrons. The average Bonchev–Trinajstić information content (AvgIpc) is 2.82. The molecule has 0 saturated carbocycles. The minimum absolute atomic E-state index is 0.0711. The first kappa shape index (κ1) is 27.7. The second-order valence-electron chi connectivity index (χ2n) is 11.0. The van der Waals surface area contributed by atoms with Crippen LogP contribution in [0.1, 0.15) is 53.0 Å². The van der Waals surface area contributed by atoms with Gasteiger partial charge in [-0.2, -0.15) is 0 Å². The molecule has 8 heteroatoms. The minimum atomic E-state index is -3.40.